The maximum atomic E-state index is 13.9. The Bertz CT molecular complexity index is 423. The zero-order chi connectivity index (χ0) is 14.0. The summed E-state index contributed by atoms with van der Waals surface area (Å²) in [5, 5.41) is 0. The van der Waals surface area contributed by atoms with Crippen LogP contribution in [0.4, 0.5) is 10.1 Å². The first-order chi connectivity index (χ1) is 9.00. The second kappa shape index (κ2) is 5.88. The number of hydrogen-bond acceptors (Lipinski definition) is 3. The van der Waals surface area contributed by atoms with Crippen molar-refractivity contribution in [2.24, 2.45) is 5.73 Å². The van der Waals surface area contributed by atoms with Crippen LogP contribution in [0.15, 0.2) is 18.2 Å². The van der Waals surface area contributed by atoms with Gasteiger partial charge in [-0.05, 0) is 46.0 Å². The van der Waals surface area contributed by atoms with E-state index in [1.165, 1.54) is 6.07 Å². The lowest BCUT2D eigenvalue weighted by atomic mass is 10.00. The van der Waals surface area contributed by atoms with Gasteiger partial charge in [-0.15, -0.1) is 0 Å². The minimum Gasteiger partial charge on any atom is -0.371 e. The summed E-state index contributed by atoms with van der Waals surface area (Å²) in [6.45, 7) is 3.77. The highest BCUT2D eigenvalue weighted by Gasteiger charge is 2.24. The molecule has 0 bridgehead atoms. The predicted octanol–water partition coefficient (Wildman–Crippen LogP) is 2.38. The van der Waals surface area contributed by atoms with Crippen molar-refractivity contribution in [2.75, 3.05) is 32.1 Å². The highest BCUT2D eigenvalue weighted by Crippen LogP contribution is 2.30. The number of anilines is 1. The van der Waals surface area contributed by atoms with Crippen molar-refractivity contribution < 1.29 is 4.39 Å². The van der Waals surface area contributed by atoms with Crippen LogP contribution in [0.3, 0.4) is 0 Å². The molecule has 0 unspecified atom stereocenters. The number of halogens is 1. The molecule has 0 radical (unpaired) electrons. The first-order valence-corrected chi connectivity index (χ1v) is 6.96. The molecule has 0 amide bonds. The zero-order valence-electron chi connectivity index (χ0n) is 12.1. The third-order valence-corrected chi connectivity index (χ3v) is 4.02. The quantitative estimate of drug-likeness (QED) is 0.910. The molecule has 4 heteroatoms. The van der Waals surface area contributed by atoms with Crippen molar-refractivity contribution in [3.8, 4) is 0 Å². The van der Waals surface area contributed by atoms with Gasteiger partial charge in [-0.1, -0.05) is 6.07 Å². The molecule has 2 N–H and O–H groups in total. The van der Waals surface area contributed by atoms with Crippen molar-refractivity contribution in [1.29, 1.82) is 0 Å². The molecule has 1 aromatic rings. The van der Waals surface area contributed by atoms with Crippen LogP contribution >= 0.6 is 0 Å². The number of rotatable bonds is 3. The van der Waals surface area contributed by atoms with Crippen LogP contribution in [0.25, 0.3) is 0 Å². The van der Waals surface area contributed by atoms with Gasteiger partial charge in [-0.3, -0.25) is 0 Å². The van der Waals surface area contributed by atoms with Crippen LogP contribution < -0.4 is 10.6 Å². The Hall–Kier alpha value is -1.13. The predicted molar refractivity (Wildman–Crippen MR) is 77.9 cm³/mol. The smallest absolute Gasteiger partial charge is 0.130 e. The second-order valence-electron chi connectivity index (χ2n) is 5.64. The van der Waals surface area contributed by atoms with Gasteiger partial charge in [0.25, 0.3) is 0 Å². The molecule has 1 saturated heterocycles. The van der Waals surface area contributed by atoms with E-state index < -0.39 is 0 Å². The molecular formula is C15H24FN3. The first-order valence-electron chi connectivity index (χ1n) is 6.96. The van der Waals surface area contributed by atoms with E-state index in [0.29, 0.717) is 11.6 Å². The molecule has 2 rings (SSSR count). The van der Waals surface area contributed by atoms with Gasteiger partial charge in [0.2, 0.25) is 0 Å². The molecule has 106 valence electrons. The van der Waals surface area contributed by atoms with Gasteiger partial charge in [0.15, 0.2) is 0 Å². The molecule has 1 fully saturated rings. The molecule has 3 nitrogen and oxygen atoms in total. The van der Waals surface area contributed by atoms with E-state index in [9.17, 15) is 4.39 Å². The van der Waals surface area contributed by atoms with Crippen molar-refractivity contribution in [3.63, 3.8) is 0 Å². The summed E-state index contributed by atoms with van der Waals surface area (Å²) in [5.41, 5.74) is 7.53. The van der Waals surface area contributed by atoms with E-state index in [-0.39, 0.29) is 11.9 Å². The minimum absolute atomic E-state index is 0.192. The van der Waals surface area contributed by atoms with Crippen LogP contribution in [0.1, 0.15) is 31.4 Å². The molecule has 1 heterocycles. The number of benzene rings is 1. The van der Waals surface area contributed by atoms with Crippen LogP contribution in [0.2, 0.25) is 0 Å². The van der Waals surface area contributed by atoms with Crippen molar-refractivity contribution in [2.45, 2.75) is 31.8 Å². The molecule has 0 aliphatic carbocycles. The Morgan fingerprint density at radius 3 is 2.47 bits per heavy atom. The zero-order valence-corrected chi connectivity index (χ0v) is 12.1. The van der Waals surface area contributed by atoms with E-state index in [0.717, 1.165) is 31.6 Å². The molecule has 1 atom stereocenters. The fourth-order valence-electron chi connectivity index (χ4n) is 2.88. The summed E-state index contributed by atoms with van der Waals surface area (Å²) >= 11 is 0. The number of nitrogens with zero attached hydrogens (tertiary/aromatic N) is 2. The third kappa shape index (κ3) is 3.07. The van der Waals surface area contributed by atoms with E-state index in [2.05, 4.69) is 23.9 Å². The molecule has 0 spiro atoms. The van der Waals surface area contributed by atoms with Crippen molar-refractivity contribution in [3.05, 3.63) is 29.6 Å². The highest BCUT2D eigenvalue weighted by atomic mass is 19.1. The summed E-state index contributed by atoms with van der Waals surface area (Å²) < 4.78 is 13.9. The number of piperidine rings is 1. The lowest BCUT2D eigenvalue weighted by Gasteiger charge is -2.37. The molecular weight excluding hydrogens is 241 g/mol. The van der Waals surface area contributed by atoms with Crippen molar-refractivity contribution in [1.82, 2.24) is 4.90 Å². The van der Waals surface area contributed by atoms with Gasteiger partial charge in [-0.2, -0.15) is 0 Å². The van der Waals surface area contributed by atoms with E-state index in [1.807, 2.05) is 13.0 Å². The Labute approximate surface area is 115 Å². The third-order valence-electron chi connectivity index (χ3n) is 4.02. The summed E-state index contributed by atoms with van der Waals surface area (Å²) in [4.78, 5) is 4.54. The maximum Gasteiger partial charge on any atom is 0.130 e. The standard InChI is InChI=1S/C15H24FN3/c1-11(17)15-13(16)5-4-6-14(15)19-9-7-12(8-10-19)18(2)3/h4-6,11-12H,7-10,17H2,1-3H3/t11-/m0/s1. The Morgan fingerprint density at radius 2 is 1.95 bits per heavy atom. The van der Waals surface area contributed by atoms with Gasteiger partial charge < -0.3 is 15.5 Å². The van der Waals surface area contributed by atoms with Crippen LogP contribution in [-0.2, 0) is 0 Å². The van der Waals surface area contributed by atoms with E-state index >= 15 is 0 Å². The molecule has 1 aromatic carbocycles. The fourth-order valence-corrected chi connectivity index (χ4v) is 2.88. The maximum absolute atomic E-state index is 13.9. The average molecular weight is 265 g/mol. The molecule has 1 aliphatic rings. The van der Waals surface area contributed by atoms with Crippen LogP contribution in [0, 0.1) is 5.82 Å². The van der Waals surface area contributed by atoms with Gasteiger partial charge in [0.05, 0.1) is 0 Å². The summed E-state index contributed by atoms with van der Waals surface area (Å²) in [6.07, 6.45) is 2.23. The van der Waals surface area contributed by atoms with Crippen LogP contribution in [-0.4, -0.2) is 38.1 Å². The SMILES string of the molecule is C[C@H](N)c1c(F)cccc1N1CCC(N(C)C)CC1. The first kappa shape index (κ1) is 14.3. The van der Waals surface area contributed by atoms with E-state index in [1.54, 1.807) is 6.07 Å². The van der Waals surface area contributed by atoms with Gasteiger partial charge in [0, 0.05) is 36.4 Å². The minimum atomic E-state index is -0.275. The van der Waals surface area contributed by atoms with Crippen LogP contribution in [0.5, 0.6) is 0 Å². The number of nitrogens with two attached hydrogens (primary N) is 1. The highest BCUT2D eigenvalue weighted by molar-refractivity contribution is 5.55. The Kier molecular flexibility index (Phi) is 4.42. The largest absolute Gasteiger partial charge is 0.371 e. The van der Waals surface area contributed by atoms with Gasteiger partial charge in [0.1, 0.15) is 5.82 Å². The normalized spacial score (nSPS) is 18.9. The molecule has 0 aromatic heterocycles. The summed E-state index contributed by atoms with van der Waals surface area (Å²) in [6, 6.07) is 5.60. The van der Waals surface area contributed by atoms with E-state index in [4.69, 9.17) is 5.73 Å². The average Bonchev–Trinajstić information content (AvgIpc) is 2.38. The summed E-state index contributed by atoms with van der Waals surface area (Å²) in [7, 11) is 4.24. The Balaban J connectivity index is 2.18. The molecule has 0 saturated carbocycles. The fraction of sp³-hybridized carbons (Fsp3) is 0.600. The van der Waals surface area contributed by atoms with Gasteiger partial charge >= 0.3 is 0 Å². The topological polar surface area (TPSA) is 32.5 Å². The molecule has 19 heavy (non-hydrogen) atoms. The summed E-state index contributed by atoms with van der Waals surface area (Å²) in [5.74, 6) is -0.192. The second-order valence-corrected chi connectivity index (χ2v) is 5.64. The lowest BCUT2D eigenvalue weighted by Crippen LogP contribution is -2.42. The molecule has 1 aliphatic heterocycles. The van der Waals surface area contributed by atoms with Gasteiger partial charge in [-0.25, -0.2) is 4.39 Å². The lowest BCUT2D eigenvalue weighted by molar-refractivity contribution is 0.249. The Morgan fingerprint density at radius 1 is 1.32 bits per heavy atom. The van der Waals surface area contributed by atoms with Crippen molar-refractivity contribution >= 4 is 5.69 Å². The number of hydrogen-bond donors (Lipinski definition) is 1. The monoisotopic (exact) mass is 265 g/mol.